The van der Waals surface area contributed by atoms with Gasteiger partial charge in [-0.15, -0.1) is 0 Å². The molecule has 4 heteroatoms. The molecular weight excluding hydrogens is 287 g/mol. The maximum absolute atomic E-state index is 10.8. The Labute approximate surface area is 87.8 Å². The maximum atomic E-state index is 10.8. The van der Waals surface area contributed by atoms with E-state index in [1.54, 1.807) is 6.07 Å². The summed E-state index contributed by atoms with van der Waals surface area (Å²) < 4.78 is 20.7. The van der Waals surface area contributed by atoms with Gasteiger partial charge in [0.2, 0.25) is 0 Å². The van der Waals surface area contributed by atoms with Gasteiger partial charge in [0.25, 0.3) is 0 Å². The molecule has 0 bridgehead atoms. The molecule has 0 aliphatic rings. The van der Waals surface area contributed by atoms with Gasteiger partial charge in [-0.25, -0.2) is 4.21 Å². The van der Waals surface area contributed by atoms with Gasteiger partial charge in [-0.3, -0.25) is 0 Å². The zero-order valence-corrected chi connectivity index (χ0v) is 9.77. The van der Waals surface area contributed by atoms with Crippen LogP contribution in [0.3, 0.4) is 0 Å². The molecule has 0 fully saturated rings. The minimum atomic E-state index is -1.86. The quantitative estimate of drug-likeness (QED) is 0.638. The summed E-state index contributed by atoms with van der Waals surface area (Å²) in [5.41, 5.74) is 2.04. The minimum Gasteiger partial charge on any atom is -0.302 e. The highest BCUT2D eigenvalue weighted by molar-refractivity contribution is 14.1. The summed E-state index contributed by atoms with van der Waals surface area (Å²) in [6.45, 7) is 3.84. The molecule has 1 atom stereocenters. The zero-order valence-electron chi connectivity index (χ0n) is 6.80. The van der Waals surface area contributed by atoms with Crippen LogP contribution < -0.4 is 0 Å². The lowest BCUT2D eigenvalue weighted by molar-refractivity contribution is 0.563. The van der Waals surface area contributed by atoms with Crippen LogP contribution >= 0.6 is 22.6 Å². The van der Waals surface area contributed by atoms with Crippen LogP contribution in [0.1, 0.15) is 11.1 Å². The molecule has 2 nitrogen and oxygen atoms in total. The minimum absolute atomic E-state index is 0.505. The number of aryl methyl sites for hydroxylation is 1. The Kier molecular flexibility index (Phi) is 3.25. The average Bonchev–Trinajstić information content (AvgIpc) is 2.00. The Bertz CT molecular complexity index is 336. The van der Waals surface area contributed by atoms with Crippen molar-refractivity contribution in [3.8, 4) is 0 Å². The third kappa shape index (κ3) is 1.86. The fourth-order valence-electron chi connectivity index (χ4n) is 0.992. The maximum Gasteiger partial charge on any atom is 0.186 e. The van der Waals surface area contributed by atoms with E-state index < -0.39 is 11.1 Å². The first kappa shape index (κ1) is 10.1. The number of hydrogen-bond donors (Lipinski definition) is 1. The summed E-state index contributed by atoms with van der Waals surface area (Å²) in [5, 5.41) is 0. The molecule has 12 heavy (non-hydrogen) atoms. The summed E-state index contributed by atoms with van der Waals surface area (Å²) >= 11 is 0.318. The monoisotopic (exact) mass is 296 g/mol. The van der Waals surface area contributed by atoms with Crippen LogP contribution in [0.25, 0.3) is 0 Å². The molecule has 0 heterocycles. The molecule has 0 aliphatic heterocycles. The molecule has 0 spiro atoms. The molecule has 0 saturated carbocycles. The molecular formula is C8H9IO2S. The highest BCUT2D eigenvalue weighted by atomic mass is 127. The molecule has 1 unspecified atom stereocenters. The lowest BCUT2D eigenvalue weighted by Crippen LogP contribution is -1.96. The fraction of sp³-hybridized carbons (Fsp3) is 0.250. The summed E-state index contributed by atoms with van der Waals surface area (Å²) in [6, 6.07) is 3.56. The molecule has 0 aliphatic carbocycles. The molecule has 1 rings (SSSR count). The van der Waals surface area contributed by atoms with Crippen molar-refractivity contribution in [2.24, 2.45) is 0 Å². The molecule has 1 aromatic rings. The van der Waals surface area contributed by atoms with Crippen molar-refractivity contribution in [2.45, 2.75) is 18.7 Å². The van der Waals surface area contributed by atoms with E-state index in [2.05, 4.69) is 22.6 Å². The van der Waals surface area contributed by atoms with Gasteiger partial charge < -0.3 is 4.55 Å². The SMILES string of the molecule is Cc1ccc(S(=O)O)c(C)c1I. The number of rotatable bonds is 1. The molecule has 66 valence electrons. The van der Waals surface area contributed by atoms with Crippen LogP contribution in [0.2, 0.25) is 0 Å². The third-order valence-electron chi connectivity index (χ3n) is 1.72. The third-order valence-corrected chi connectivity index (χ3v) is 4.20. The normalized spacial score (nSPS) is 13.0. The highest BCUT2D eigenvalue weighted by Gasteiger charge is 2.08. The van der Waals surface area contributed by atoms with Crippen molar-refractivity contribution in [3.05, 3.63) is 26.8 Å². The van der Waals surface area contributed by atoms with E-state index in [-0.39, 0.29) is 0 Å². The number of hydrogen-bond acceptors (Lipinski definition) is 1. The Balaban J connectivity index is 3.36. The van der Waals surface area contributed by atoms with Gasteiger partial charge in [-0.2, -0.15) is 0 Å². The van der Waals surface area contributed by atoms with E-state index in [0.29, 0.717) is 4.90 Å². The predicted molar refractivity (Wildman–Crippen MR) is 57.7 cm³/mol. The van der Waals surface area contributed by atoms with Gasteiger partial charge in [-0.1, -0.05) is 6.07 Å². The Morgan fingerprint density at radius 3 is 2.50 bits per heavy atom. The standard InChI is InChI=1S/C8H9IO2S/c1-5-3-4-7(12(10)11)6(2)8(5)9/h3-4H,1-2H3,(H,10,11). The van der Waals surface area contributed by atoms with Crippen molar-refractivity contribution in [2.75, 3.05) is 0 Å². The van der Waals surface area contributed by atoms with Crippen LogP contribution in [0, 0.1) is 17.4 Å². The van der Waals surface area contributed by atoms with Crippen LogP contribution in [-0.2, 0) is 11.1 Å². The second-order valence-electron chi connectivity index (χ2n) is 2.57. The van der Waals surface area contributed by atoms with Gasteiger partial charge in [-0.05, 0) is 53.6 Å². The van der Waals surface area contributed by atoms with E-state index in [0.717, 1.165) is 14.7 Å². The summed E-state index contributed by atoms with van der Waals surface area (Å²) in [5.74, 6) is 0. The van der Waals surface area contributed by atoms with Gasteiger partial charge in [0, 0.05) is 3.57 Å². The molecule has 1 N–H and O–H groups in total. The Hall–Kier alpha value is 0.0600. The van der Waals surface area contributed by atoms with Gasteiger partial charge >= 0.3 is 0 Å². The molecule has 0 aromatic heterocycles. The average molecular weight is 296 g/mol. The van der Waals surface area contributed by atoms with Crippen LogP contribution in [0.15, 0.2) is 17.0 Å². The van der Waals surface area contributed by atoms with E-state index in [1.807, 2.05) is 19.9 Å². The number of benzene rings is 1. The van der Waals surface area contributed by atoms with Crippen molar-refractivity contribution < 1.29 is 8.76 Å². The molecule has 0 saturated heterocycles. The zero-order chi connectivity index (χ0) is 9.30. The first-order valence-electron chi connectivity index (χ1n) is 3.40. The summed E-state index contributed by atoms with van der Waals surface area (Å²) in [6.07, 6.45) is 0. The van der Waals surface area contributed by atoms with E-state index >= 15 is 0 Å². The van der Waals surface area contributed by atoms with Crippen molar-refractivity contribution in [1.29, 1.82) is 0 Å². The van der Waals surface area contributed by atoms with Gasteiger partial charge in [0.15, 0.2) is 11.1 Å². The first-order valence-corrected chi connectivity index (χ1v) is 5.59. The smallest absolute Gasteiger partial charge is 0.186 e. The van der Waals surface area contributed by atoms with Crippen LogP contribution in [0.4, 0.5) is 0 Å². The largest absolute Gasteiger partial charge is 0.302 e. The molecule has 0 amide bonds. The predicted octanol–water partition coefficient (Wildman–Crippen LogP) is 2.49. The van der Waals surface area contributed by atoms with E-state index in [4.69, 9.17) is 4.55 Å². The van der Waals surface area contributed by atoms with Crippen LogP contribution in [-0.4, -0.2) is 8.76 Å². The van der Waals surface area contributed by atoms with Crippen molar-refractivity contribution in [1.82, 2.24) is 0 Å². The fourth-order valence-corrected chi connectivity index (χ4v) is 2.19. The highest BCUT2D eigenvalue weighted by Crippen LogP contribution is 2.21. The van der Waals surface area contributed by atoms with Crippen molar-refractivity contribution in [3.63, 3.8) is 0 Å². The lowest BCUT2D eigenvalue weighted by atomic mass is 10.2. The summed E-state index contributed by atoms with van der Waals surface area (Å²) in [4.78, 5) is 0.505. The number of halogens is 1. The topological polar surface area (TPSA) is 37.3 Å². The first-order chi connectivity index (χ1) is 5.54. The second kappa shape index (κ2) is 3.85. The molecule has 0 radical (unpaired) electrons. The van der Waals surface area contributed by atoms with E-state index in [9.17, 15) is 4.21 Å². The molecule has 1 aromatic carbocycles. The Morgan fingerprint density at radius 1 is 1.42 bits per heavy atom. The summed E-state index contributed by atoms with van der Waals surface area (Å²) in [7, 11) is 0. The van der Waals surface area contributed by atoms with Gasteiger partial charge in [0.05, 0.1) is 4.90 Å². The van der Waals surface area contributed by atoms with E-state index in [1.165, 1.54) is 0 Å². The van der Waals surface area contributed by atoms with Crippen LogP contribution in [0.5, 0.6) is 0 Å². The van der Waals surface area contributed by atoms with Crippen molar-refractivity contribution >= 4 is 33.7 Å². The van der Waals surface area contributed by atoms with Gasteiger partial charge in [0.1, 0.15) is 0 Å². The Morgan fingerprint density at radius 2 is 2.00 bits per heavy atom. The second-order valence-corrected chi connectivity index (χ2v) is 4.59. The lowest BCUT2D eigenvalue weighted by Gasteiger charge is -2.05.